The molecule has 0 unspecified atom stereocenters. The Morgan fingerprint density at radius 3 is 2.17 bits per heavy atom. The van der Waals surface area contributed by atoms with Crippen molar-refractivity contribution >= 4 is 11.9 Å². The molecule has 2 rings (SSSR count). The molecule has 0 radical (unpaired) electrons. The minimum absolute atomic E-state index is 0.0399. The molecule has 0 amide bonds. The van der Waals surface area contributed by atoms with Gasteiger partial charge in [-0.05, 0) is 23.8 Å². The number of hydrogen-bond acceptors (Lipinski definition) is 4. The number of aromatic hydroxyl groups is 1. The number of hydrogen-bond donors (Lipinski definition) is 1. The maximum Gasteiger partial charge on any atom is 0.200 e. The van der Waals surface area contributed by atoms with Gasteiger partial charge in [0.15, 0.2) is 17.3 Å². The number of ketones is 1. The van der Waals surface area contributed by atoms with Gasteiger partial charge in [-0.1, -0.05) is 48.6 Å². The summed E-state index contributed by atoms with van der Waals surface area (Å²) in [5, 5.41) is 9.85. The average molecular weight is 310 g/mol. The van der Waals surface area contributed by atoms with E-state index in [0.717, 1.165) is 5.56 Å². The van der Waals surface area contributed by atoms with Gasteiger partial charge in [-0.3, -0.25) is 4.79 Å². The molecular weight excluding hydrogens is 292 g/mol. The number of rotatable bonds is 6. The monoisotopic (exact) mass is 310 g/mol. The quantitative estimate of drug-likeness (QED) is 0.500. The summed E-state index contributed by atoms with van der Waals surface area (Å²) in [7, 11) is 2.95. The van der Waals surface area contributed by atoms with Crippen molar-refractivity contribution in [3.8, 4) is 17.2 Å². The molecule has 4 heteroatoms. The van der Waals surface area contributed by atoms with Gasteiger partial charge >= 0.3 is 0 Å². The predicted octanol–water partition coefficient (Wildman–Crippen LogP) is 3.86. The highest BCUT2D eigenvalue weighted by atomic mass is 16.5. The zero-order valence-corrected chi connectivity index (χ0v) is 13.0. The van der Waals surface area contributed by atoms with Crippen molar-refractivity contribution in [2.75, 3.05) is 14.2 Å². The number of benzene rings is 2. The maximum atomic E-state index is 11.9. The average Bonchev–Trinajstić information content (AvgIpc) is 2.60. The maximum absolute atomic E-state index is 11.9. The number of allylic oxidation sites excluding steroid dienone is 3. The summed E-state index contributed by atoms with van der Waals surface area (Å²) in [4.78, 5) is 11.9. The fourth-order valence-corrected chi connectivity index (χ4v) is 2.02. The third kappa shape index (κ3) is 4.23. The van der Waals surface area contributed by atoms with Crippen LogP contribution < -0.4 is 9.47 Å². The Labute approximate surface area is 135 Å². The van der Waals surface area contributed by atoms with Gasteiger partial charge in [0.2, 0.25) is 5.75 Å². The topological polar surface area (TPSA) is 55.8 Å². The lowest BCUT2D eigenvalue weighted by Crippen LogP contribution is -1.92. The molecule has 0 atom stereocenters. The first-order valence-electron chi connectivity index (χ1n) is 7.05. The molecular formula is C19H18O4. The molecule has 23 heavy (non-hydrogen) atoms. The second-order valence-electron chi connectivity index (χ2n) is 4.72. The van der Waals surface area contributed by atoms with Crippen LogP contribution in [0.2, 0.25) is 0 Å². The number of ether oxygens (including phenoxy) is 2. The normalized spacial score (nSPS) is 11.0. The van der Waals surface area contributed by atoms with Gasteiger partial charge in [-0.15, -0.1) is 0 Å². The molecule has 0 aliphatic heterocycles. The van der Waals surface area contributed by atoms with E-state index in [1.54, 1.807) is 42.5 Å². The Balaban J connectivity index is 2.11. The summed E-state index contributed by atoms with van der Waals surface area (Å²) < 4.78 is 10.2. The van der Waals surface area contributed by atoms with Crippen LogP contribution in [0.5, 0.6) is 17.2 Å². The summed E-state index contributed by atoms with van der Waals surface area (Å²) in [5.74, 6) is 0.555. The van der Waals surface area contributed by atoms with E-state index >= 15 is 0 Å². The van der Waals surface area contributed by atoms with Crippen molar-refractivity contribution in [1.29, 1.82) is 0 Å². The minimum atomic E-state index is -0.0592. The molecule has 2 aromatic rings. The van der Waals surface area contributed by atoms with Gasteiger partial charge in [0.1, 0.15) is 0 Å². The van der Waals surface area contributed by atoms with Crippen LogP contribution >= 0.6 is 0 Å². The molecule has 0 saturated carbocycles. The molecule has 0 aromatic heterocycles. The van der Waals surface area contributed by atoms with E-state index in [1.807, 2.05) is 18.2 Å². The van der Waals surface area contributed by atoms with Crippen LogP contribution in [-0.4, -0.2) is 25.1 Å². The summed E-state index contributed by atoms with van der Waals surface area (Å²) in [5.41, 5.74) is 1.43. The molecule has 0 spiro atoms. The van der Waals surface area contributed by atoms with Gasteiger partial charge in [-0.25, -0.2) is 0 Å². The fourth-order valence-electron chi connectivity index (χ4n) is 2.02. The van der Waals surface area contributed by atoms with E-state index in [9.17, 15) is 9.90 Å². The van der Waals surface area contributed by atoms with Gasteiger partial charge in [0.05, 0.1) is 14.2 Å². The van der Waals surface area contributed by atoms with Crippen LogP contribution in [0.1, 0.15) is 15.9 Å². The van der Waals surface area contributed by atoms with E-state index < -0.39 is 0 Å². The van der Waals surface area contributed by atoms with Crippen molar-refractivity contribution in [1.82, 2.24) is 0 Å². The van der Waals surface area contributed by atoms with Crippen molar-refractivity contribution in [3.05, 3.63) is 71.8 Å². The van der Waals surface area contributed by atoms with Crippen molar-refractivity contribution < 1.29 is 19.4 Å². The molecule has 0 saturated heterocycles. The van der Waals surface area contributed by atoms with Crippen LogP contribution in [-0.2, 0) is 0 Å². The van der Waals surface area contributed by atoms with Crippen LogP contribution in [0.3, 0.4) is 0 Å². The molecule has 0 aliphatic carbocycles. The minimum Gasteiger partial charge on any atom is -0.502 e. The van der Waals surface area contributed by atoms with Gasteiger partial charge < -0.3 is 14.6 Å². The summed E-state index contributed by atoms with van der Waals surface area (Å²) in [6.45, 7) is 0. The molecule has 0 bridgehead atoms. The molecule has 2 aromatic carbocycles. The standard InChI is InChI=1S/C19H18O4/c1-22-17-12-14(13-18(23-2)19(17)21)8-6-7-11-16(20)15-9-4-3-5-10-15/h3-13,21H,1-2H3/b8-6+,11-7+. The fraction of sp³-hybridized carbons (Fsp3) is 0.105. The summed E-state index contributed by atoms with van der Waals surface area (Å²) in [6, 6.07) is 12.4. The van der Waals surface area contributed by atoms with E-state index in [-0.39, 0.29) is 11.5 Å². The highest BCUT2D eigenvalue weighted by Gasteiger charge is 2.09. The molecule has 118 valence electrons. The SMILES string of the molecule is COc1cc(/C=C/C=C/C(=O)c2ccccc2)cc(OC)c1O. The first-order chi connectivity index (χ1) is 11.2. The molecule has 1 N–H and O–H groups in total. The number of carbonyl (C=O) groups excluding carboxylic acids is 1. The number of phenols is 1. The highest BCUT2D eigenvalue weighted by Crippen LogP contribution is 2.37. The van der Waals surface area contributed by atoms with Crippen molar-refractivity contribution in [2.45, 2.75) is 0 Å². The Hall–Kier alpha value is -3.01. The smallest absolute Gasteiger partial charge is 0.200 e. The Kier molecular flexibility index (Phi) is 5.58. The summed E-state index contributed by atoms with van der Waals surface area (Å²) >= 11 is 0. The largest absolute Gasteiger partial charge is 0.502 e. The lowest BCUT2D eigenvalue weighted by Gasteiger charge is -2.09. The van der Waals surface area contributed by atoms with Crippen LogP contribution in [0.15, 0.2) is 60.7 Å². The Morgan fingerprint density at radius 2 is 1.61 bits per heavy atom. The number of methoxy groups -OCH3 is 2. The van der Waals surface area contributed by atoms with Gasteiger partial charge in [0, 0.05) is 5.56 Å². The van der Waals surface area contributed by atoms with E-state index in [2.05, 4.69) is 0 Å². The third-order valence-electron chi connectivity index (χ3n) is 3.21. The van der Waals surface area contributed by atoms with E-state index in [0.29, 0.717) is 17.1 Å². The zero-order valence-electron chi connectivity index (χ0n) is 13.0. The number of phenolic OH excluding ortho intramolecular Hbond substituents is 1. The predicted molar refractivity (Wildman–Crippen MR) is 90.2 cm³/mol. The van der Waals surface area contributed by atoms with Crippen LogP contribution in [0.4, 0.5) is 0 Å². The first-order valence-corrected chi connectivity index (χ1v) is 7.05. The Morgan fingerprint density at radius 1 is 1.00 bits per heavy atom. The van der Waals surface area contributed by atoms with Crippen LogP contribution in [0, 0.1) is 0 Å². The summed E-state index contributed by atoms with van der Waals surface area (Å²) in [6.07, 6.45) is 6.70. The Bertz CT molecular complexity index is 705. The molecule has 4 nitrogen and oxygen atoms in total. The number of carbonyl (C=O) groups is 1. The van der Waals surface area contributed by atoms with Crippen molar-refractivity contribution in [2.24, 2.45) is 0 Å². The van der Waals surface area contributed by atoms with E-state index in [1.165, 1.54) is 20.3 Å². The molecule has 0 heterocycles. The second-order valence-corrected chi connectivity index (χ2v) is 4.72. The lowest BCUT2D eigenvalue weighted by atomic mass is 10.1. The van der Waals surface area contributed by atoms with Gasteiger partial charge in [0.25, 0.3) is 0 Å². The third-order valence-corrected chi connectivity index (χ3v) is 3.21. The van der Waals surface area contributed by atoms with Gasteiger partial charge in [-0.2, -0.15) is 0 Å². The first kappa shape index (κ1) is 16.4. The zero-order chi connectivity index (χ0) is 16.7. The lowest BCUT2D eigenvalue weighted by molar-refractivity contribution is 0.104. The molecule has 0 fully saturated rings. The van der Waals surface area contributed by atoms with Crippen molar-refractivity contribution in [3.63, 3.8) is 0 Å². The molecule has 0 aliphatic rings. The van der Waals surface area contributed by atoms with E-state index in [4.69, 9.17) is 9.47 Å². The second kappa shape index (κ2) is 7.84. The highest BCUT2D eigenvalue weighted by molar-refractivity contribution is 6.04. The van der Waals surface area contributed by atoms with Crippen LogP contribution in [0.25, 0.3) is 6.08 Å².